The molecule has 0 aromatic carbocycles. The van der Waals surface area contributed by atoms with Gasteiger partial charge in [0.25, 0.3) is 0 Å². The van der Waals surface area contributed by atoms with Crippen molar-refractivity contribution in [2.24, 2.45) is 28.7 Å². The molecule has 0 saturated carbocycles. The Bertz CT molecular complexity index is 2810. The molecule has 0 aromatic heterocycles. The van der Waals surface area contributed by atoms with Gasteiger partial charge in [-0.1, -0.05) is 0 Å². The molecular formula is C54H92N22O21. The van der Waals surface area contributed by atoms with Crippen molar-refractivity contribution in [3.8, 4) is 0 Å². The first-order valence-electron chi connectivity index (χ1n) is 30.3. The number of nitrogens with two attached hydrogens (primary N) is 5. The third-order valence-electron chi connectivity index (χ3n) is 12.9. The van der Waals surface area contributed by atoms with Crippen molar-refractivity contribution in [1.29, 1.82) is 0 Å². The van der Waals surface area contributed by atoms with Gasteiger partial charge >= 0.3 is 5.97 Å². The first-order chi connectivity index (χ1) is 45.5. The molecule has 19 amide bonds. The zero-order valence-electron chi connectivity index (χ0n) is 54.2. The summed E-state index contributed by atoms with van der Waals surface area (Å²) in [6, 6.07) is -9.80. The van der Waals surface area contributed by atoms with Gasteiger partial charge in [-0.25, -0.2) is 0 Å². The van der Waals surface area contributed by atoms with E-state index in [0.29, 0.717) is 0 Å². The van der Waals surface area contributed by atoms with Gasteiger partial charge in [0.05, 0.1) is 77.5 Å². The largest absolute Gasteiger partial charge is 0.480 e. The lowest BCUT2D eigenvalue weighted by Crippen LogP contribution is -2.54. The monoisotopic (exact) mass is 1380 g/mol. The fourth-order valence-corrected chi connectivity index (χ4v) is 7.34. The normalized spacial score (nSPS) is 13.0. The minimum absolute atomic E-state index is 0.00798. The Labute approximate surface area is 555 Å². The van der Waals surface area contributed by atoms with E-state index < -0.39 is 232 Å². The van der Waals surface area contributed by atoms with E-state index in [1.165, 1.54) is 27.7 Å². The van der Waals surface area contributed by atoms with Gasteiger partial charge in [-0.3, -0.25) is 95.9 Å². The number of carboxylic acid groups (broad SMARTS) is 1. The average Bonchev–Trinajstić information content (AvgIpc) is 1.27. The Balaban J connectivity index is 5.06. The average molecular weight is 1390 g/mol. The number of nitrogens with one attached hydrogen (secondary N) is 17. The van der Waals surface area contributed by atoms with Gasteiger partial charge in [-0.05, 0) is 79.1 Å². The van der Waals surface area contributed by atoms with Crippen LogP contribution in [0.5, 0.6) is 0 Å². The second kappa shape index (κ2) is 48.0. The molecule has 0 rings (SSSR count). The van der Waals surface area contributed by atoms with Crippen LogP contribution in [0.2, 0.25) is 0 Å². The van der Waals surface area contributed by atoms with Crippen LogP contribution in [-0.2, 0) is 95.9 Å². The number of carboxylic acids is 1. The zero-order chi connectivity index (χ0) is 73.7. The predicted molar refractivity (Wildman–Crippen MR) is 335 cm³/mol. The standard InChI is InChI=1S/C54H92N22O21/c1-27(56)49(91)75-31(47(58)89)11-13-35(77)73-33(9-5-7-15-60-38(80)18-63-41(83)21-66-43(85)23-65-40(82)20-62-37(79)17-55)52(94)71-29(3)51(93)70-26-46(88)69-25-45(87)68-24-44(86)67-22-42(84)64-19-39(81)61-16-8-6-10-34(53(95)72-30(4)54(96)97)74-36(78)14-12-32(48(59)90)76-50(92)28(2)57/h27-34H,5-26,55-57H2,1-4H3,(H2,58,89)(H2,59,90)(H,60,80)(H,61,81)(H,62,79)(H,63,83)(H,64,84)(H,65,82)(H,66,85)(H,67,86)(H,68,87)(H,69,88)(H,70,93)(H,71,94)(H,72,95)(H,73,77)(H,74,78)(H,75,91)(H,76,92)(H,96,97). The topological polar surface area (TPSA) is 696 Å². The summed E-state index contributed by atoms with van der Waals surface area (Å²) in [4.78, 5) is 245. The smallest absolute Gasteiger partial charge is 0.325 e. The summed E-state index contributed by atoms with van der Waals surface area (Å²) in [5, 5.41) is 48.5. The van der Waals surface area contributed by atoms with E-state index in [2.05, 4.69) is 90.4 Å². The van der Waals surface area contributed by atoms with Crippen LogP contribution in [-0.4, -0.2) is 250 Å². The van der Waals surface area contributed by atoms with Crippen LogP contribution < -0.4 is 119 Å². The highest BCUT2D eigenvalue weighted by atomic mass is 16.4. The van der Waals surface area contributed by atoms with Crippen molar-refractivity contribution in [3.05, 3.63) is 0 Å². The maximum Gasteiger partial charge on any atom is 0.325 e. The maximum atomic E-state index is 13.5. The van der Waals surface area contributed by atoms with Gasteiger partial charge in [-0.15, -0.1) is 0 Å². The minimum atomic E-state index is -1.35. The molecule has 0 aliphatic rings. The van der Waals surface area contributed by atoms with Crippen molar-refractivity contribution in [2.75, 3.05) is 78.5 Å². The maximum absolute atomic E-state index is 13.5. The van der Waals surface area contributed by atoms with Crippen LogP contribution in [0, 0.1) is 0 Å². The summed E-state index contributed by atoms with van der Waals surface area (Å²) >= 11 is 0. The molecule has 43 heteroatoms. The highest BCUT2D eigenvalue weighted by Crippen LogP contribution is 2.07. The highest BCUT2D eigenvalue weighted by molar-refractivity contribution is 5.96. The summed E-state index contributed by atoms with van der Waals surface area (Å²) < 4.78 is 0. The molecule has 0 aliphatic heterocycles. The Hall–Kier alpha value is -10.7. The molecule has 0 saturated heterocycles. The number of aliphatic carboxylic acids is 1. The molecule has 0 aromatic rings. The molecule has 544 valence electrons. The third kappa shape index (κ3) is 42.3. The number of unbranched alkanes of at least 4 members (excludes halogenated alkanes) is 2. The lowest BCUT2D eigenvalue weighted by atomic mass is 10.1. The van der Waals surface area contributed by atoms with Gasteiger partial charge in [0.2, 0.25) is 112 Å². The summed E-state index contributed by atoms with van der Waals surface area (Å²) in [5.74, 6) is -16.3. The summed E-state index contributed by atoms with van der Waals surface area (Å²) in [6.45, 7) is -0.368. The fraction of sp³-hybridized carbons (Fsp3) is 0.630. The number of hydrogen-bond acceptors (Lipinski definition) is 23. The van der Waals surface area contributed by atoms with Crippen molar-refractivity contribution >= 4 is 118 Å². The van der Waals surface area contributed by atoms with Crippen LogP contribution in [0.4, 0.5) is 0 Å². The van der Waals surface area contributed by atoms with Crippen molar-refractivity contribution in [1.82, 2.24) is 90.4 Å². The number of rotatable bonds is 49. The fourth-order valence-electron chi connectivity index (χ4n) is 7.34. The van der Waals surface area contributed by atoms with Crippen LogP contribution >= 0.6 is 0 Å². The molecule has 28 N–H and O–H groups in total. The van der Waals surface area contributed by atoms with E-state index in [9.17, 15) is 101 Å². The Morgan fingerprint density at radius 2 is 0.577 bits per heavy atom. The molecular weight excluding hydrogens is 1290 g/mol. The highest BCUT2D eigenvalue weighted by Gasteiger charge is 2.29. The van der Waals surface area contributed by atoms with E-state index in [1.807, 2.05) is 0 Å². The number of carbonyl (C=O) groups excluding carboxylic acids is 19. The summed E-state index contributed by atoms with van der Waals surface area (Å²) in [7, 11) is 0. The van der Waals surface area contributed by atoms with Gasteiger partial charge in [0.15, 0.2) is 0 Å². The molecule has 0 aliphatic carbocycles. The number of carbonyl (C=O) groups is 20. The van der Waals surface area contributed by atoms with Crippen LogP contribution in [0.3, 0.4) is 0 Å². The van der Waals surface area contributed by atoms with E-state index in [-0.39, 0.29) is 77.4 Å². The molecule has 0 radical (unpaired) electrons. The number of hydrogen-bond donors (Lipinski definition) is 23. The molecule has 0 fully saturated rings. The SMILES string of the molecule is CC(N)C(=O)NC(CCC(=O)NC(CCCCNC(=O)CNC(=O)CNC(=O)CNC(=O)CNC(=O)CNC(=O)C(C)NC(=O)C(CCCCNC(=O)CNC(=O)CNC(=O)CNC(=O)CNC(=O)CN)NC(=O)CCC(NC(=O)C(C)N)C(N)=O)C(=O)NC(C)C(=O)O)C(N)=O. The van der Waals surface area contributed by atoms with Gasteiger partial charge in [0, 0.05) is 25.9 Å². The first-order valence-corrected chi connectivity index (χ1v) is 30.3. The van der Waals surface area contributed by atoms with Crippen LogP contribution in [0.1, 0.15) is 91.9 Å². The molecule has 8 unspecified atom stereocenters. The summed E-state index contributed by atoms with van der Waals surface area (Å²) in [5.41, 5.74) is 26.8. The Kier molecular flexibility index (Phi) is 42.7. The second-order valence-corrected chi connectivity index (χ2v) is 21.4. The number of amides is 19. The Morgan fingerprint density at radius 3 is 0.856 bits per heavy atom. The van der Waals surface area contributed by atoms with Crippen LogP contribution in [0.15, 0.2) is 0 Å². The lowest BCUT2D eigenvalue weighted by Gasteiger charge is -2.22. The zero-order valence-corrected chi connectivity index (χ0v) is 54.2. The van der Waals surface area contributed by atoms with Gasteiger partial charge < -0.3 is 124 Å². The minimum Gasteiger partial charge on any atom is -0.480 e. The summed E-state index contributed by atoms with van der Waals surface area (Å²) in [6.07, 6.45) is -0.663. The van der Waals surface area contributed by atoms with E-state index in [1.54, 1.807) is 0 Å². The first kappa shape index (κ1) is 86.3. The lowest BCUT2D eigenvalue weighted by molar-refractivity contribution is -0.141. The molecule has 0 spiro atoms. The van der Waals surface area contributed by atoms with Crippen molar-refractivity contribution < 1.29 is 101 Å². The van der Waals surface area contributed by atoms with Crippen molar-refractivity contribution in [2.45, 2.75) is 140 Å². The predicted octanol–water partition coefficient (Wildman–Crippen LogP) is -14.2. The molecule has 8 atom stereocenters. The van der Waals surface area contributed by atoms with E-state index >= 15 is 0 Å². The van der Waals surface area contributed by atoms with E-state index in [0.717, 1.165) is 0 Å². The van der Waals surface area contributed by atoms with Crippen LogP contribution in [0.25, 0.3) is 0 Å². The molecule has 0 heterocycles. The third-order valence-corrected chi connectivity index (χ3v) is 12.9. The van der Waals surface area contributed by atoms with E-state index in [4.69, 9.17) is 28.7 Å². The van der Waals surface area contributed by atoms with Crippen molar-refractivity contribution in [3.63, 3.8) is 0 Å². The molecule has 0 bridgehead atoms. The number of primary amides is 2. The molecule has 43 nitrogen and oxygen atoms in total. The Morgan fingerprint density at radius 1 is 0.299 bits per heavy atom. The second-order valence-electron chi connectivity index (χ2n) is 21.4. The van der Waals surface area contributed by atoms with Gasteiger partial charge in [0.1, 0.15) is 36.3 Å². The van der Waals surface area contributed by atoms with Gasteiger partial charge in [-0.2, -0.15) is 0 Å². The quantitative estimate of drug-likeness (QED) is 0.0252. The molecule has 97 heavy (non-hydrogen) atoms.